The molecule has 0 bridgehead atoms. The molecule has 0 aliphatic rings. The van der Waals surface area contributed by atoms with E-state index >= 15 is 0 Å². The summed E-state index contributed by atoms with van der Waals surface area (Å²) in [7, 11) is 0. The fourth-order valence-corrected chi connectivity index (χ4v) is 3.85. The number of unbranched alkanes of at least 4 members (excludes halogenated alkanes) is 5. The minimum absolute atomic E-state index is 0.163. The molecular weight excluding hydrogens is 328 g/mol. The second-order valence-corrected chi connectivity index (χ2v) is 7.80. The zero-order chi connectivity index (χ0) is 17.9. The van der Waals surface area contributed by atoms with Crippen LogP contribution in [-0.4, -0.2) is 16.3 Å². The normalized spacial score (nSPS) is 12.2. The summed E-state index contributed by atoms with van der Waals surface area (Å²) in [6.45, 7) is 1.86. The van der Waals surface area contributed by atoms with E-state index in [2.05, 4.69) is 12.1 Å². The Hall–Kier alpha value is -1.45. The Balaban J connectivity index is 1.72. The van der Waals surface area contributed by atoms with Crippen molar-refractivity contribution in [3.63, 3.8) is 0 Å². The van der Waals surface area contributed by atoms with Crippen LogP contribution in [0.1, 0.15) is 57.4 Å². The molecule has 0 aliphatic carbocycles. The Labute approximate surface area is 156 Å². The van der Waals surface area contributed by atoms with Gasteiger partial charge in [-0.15, -0.1) is 0 Å². The number of aromatic hydroxyl groups is 1. The Morgan fingerprint density at radius 3 is 2.24 bits per heavy atom. The zero-order valence-corrected chi connectivity index (χ0v) is 16.0. The Morgan fingerprint density at radius 1 is 0.840 bits per heavy atom. The highest BCUT2D eigenvalue weighted by molar-refractivity contribution is 7.99. The lowest BCUT2D eigenvalue weighted by atomic mass is 10.0. The number of hydrogen-bond donors (Lipinski definition) is 2. The van der Waals surface area contributed by atoms with Crippen LogP contribution in [0.3, 0.4) is 0 Å². The van der Waals surface area contributed by atoms with Gasteiger partial charge in [0.15, 0.2) is 0 Å². The summed E-state index contributed by atoms with van der Waals surface area (Å²) < 4.78 is 0. The molecule has 0 saturated heterocycles. The van der Waals surface area contributed by atoms with Gasteiger partial charge in [-0.25, -0.2) is 0 Å². The van der Waals surface area contributed by atoms with E-state index < -0.39 is 0 Å². The quantitative estimate of drug-likeness (QED) is 0.470. The van der Waals surface area contributed by atoms with Gasteiger partial charge in [-0.2, -0.15) is 0 Å². The fourth-order valence-electron chi connectivity index (χ4n) is 2.93. The molecule has 0 spiro atoms. The average Bonchev–Trinajstić information content (AvgIpc) is 2.61. The smallest absolute Gasteiger partial charge is 0.132 e. The van der Waals surface area contributed by atoms with E-state index in [4.69, 9.17) is 0 Å². The van der Waals surface area contributed by atoms with Crippen molar-refractivity contribution in [2.45, 2.75) is 74.2 Å². The summed E-state index contributed by atoms with van der Waals surface area (Å²) in [6.07, 6.45) is 8.80. The van der Waals surface area contributed by atoms with Gasteiger partial charge in [0, 0.05) is 4.90 Å². The van der Waals surface area contributed by atoms with Crippen molar-refractivity contribution in [2.75, 3.05) is 0 Å². The monoisotopic (exact) mass is 358 g/mol. The molecule has 2 nitrogen and oxygen atoms in total. The minimum Gasteiger partial charge on any atom is -0.506 e. The number of aliphatic hydroxyl groups is 1. The summed E-state index contributed by atoms with van der Waals surface area (Å²) in [5.74, 6) is 0.438. The molecule has 0 radical (unpaired) electrons. The molecule has 0 heterocycles. The third-order valence-corrected chi connectivity index (χ3v) is 5.43. The first-order chi connectivity index (χ1) is 12.2. The predicted octanol–water partition coefficient (Wildman–Crippen LogP) is 6.20. The highest BCUT2D eigenvalue weighted by Gasteiger charge is 2.08. The van der Waals surface area contributed by atoms with Crippen molar-refractivity contribution in [1.29, 1.82) is 0 Å². The number of benzene rings is 2. The first-order valence-electron chi connectivity index (χ1n) is 9.38. The summed E-state index contributed by atoms with van der Waals surface area (Å²) in [5.41, 5.74) is 1.05. The van der Waals surface area contributed by atoms with Crippen molar-refractivity contribution in [2.24, 2.45) is 0 Å². The van der Waals surface area contributed by atoms with Crippen LogP contribution in [0, 0.1) is 0 Å². The number of aliphatic hydroxyl groups excluding tert-OH is 1. The van der Waals surface area contributed by atoms with Crippen molar-refractivity contribution < 1.29 is 10.2 Å². The fraction of sp³-hybridized carbons (Fsp3) is 0.455. The standard InChI is InChI=1S/C22H30O2S/c1-18(23)12-7-4-2-3-5-8-13-19-14-11-17-21(22(19)24)25-20-15-9-6-10-16-20/h6,9-11,14-18,23-24H,2-5,7-8,12-13H2,1H3. The zero-order valence-electron chi connectivity index (χ0n) is 15.2. The third-order valence-electron chi connectivity index (χ3n) is 4.37. The van der Waals surface area contributed by atoms with Crippen LogP contribution in [0.25, 0.3) is 0 Å². The largest absolute Gasteiger partial charge is 0.506 e. The van der Waals surface area contributed by atoms with E-state index in [1.54, 1.807) is 11.8 Å². The number of aryl methyl sites for hydroxylation is 1. The molecule has 1 atom stereocenters. The number of para-hydroxylation sites is 1. The number of phenolic OH excluding ortho intramolecular Hbond substituents is 1. The van der Waals surface area contributed by atoms with Crippen LogP contribution in [0.15, 0.2) is 58.3 Å². The van der Waals surface area contributed by atoms with Gasteiger partial charge in [-0.1, -0.05) is 74.2 Å². The second kappa shape index (κ2) is 11.2. The average molecular weight is 359 g/mol. The topological polar surface area (TPSA) is 40.5 Å². The van der Waals surface area contributed by atoms with Crippen LogP contribution in [0.4, 0.5) is 0 Å². The van der Waals surface area contributed by atoms with Crippen molar-refractivity contribution in [3.8, 4) is 5.75 Å². The first-order valence-corrected chi connectivity index (χ1v) is 10.2. The molecule has 2 aromatic rings. The Kier molecular flexibility index (Phi) is 8.92. The Morgan fingerprint density at radius 2 is 1.52 bits per heavy atom. The maximum Gasteiger partial charge on any atom is 0.132 e. The SMILES string of the molecule is CC(O)CCCCCCCCc1cccc(Sc2ccccc2)c1O. The molecule has 2 rings (SSSR count). The lowest BCUT2D eigenvalue weighted by Crippen LogP contribution is -1.98. The van der Waals surface area contributed by atoms with Gasteiger partial charge < -0.3 is 10.2 Å². The van der Waals surface area contributed by atoms with E-state index in [0.717, 1.165) is 41.0 Å². The molecule has 136 valence electrons. The number of rotatable bonds is 11. The highest BCUT2D eigenvalue weighted by atomic mass is 32.2. The molecule has 0 amide bonds. The van der Waals surface area contributed by atoms with E-state index in [1.807, 2.05) is 43.3 Å². The van der Waals surface area contributed by atoms with Crippen molar-refractivity contribution in [3.05, 3.63) is 54.1 Å². The molecule has 2 N–H and O–H groups in total. The van der Waals surface area contributed by atoms with Gasteiger partial charge in [0.05, 0.1) is 11.0 Å². The summed E-state index contributed by atoms with van der Waals surface area (Å²) in [5, 5.41) is 19.8. The third kappa shape index (κ3) is 7.54. The van der Waals surface area contributed by atoms with Crippen molar-refractivity contribution in [1.82, 2.24) is 0 Å². The maximum atomic E-state index is 10.5. The second-order valence-electron chi connectivity index (χ2n) is 6.69. The maximum absolute atomic E-state index is 10.5. The lowest BCUT2D eigenvalue weighted by Gasteiger charge is -2.10. The van der Waals surface area contributed by atoms with Gasteiger partial charge in [-0.3, -0.25) is 0 Å². The van der Waals surface area contributed by atoms with Gasteiger partial charge in [-0.05, 0) is 49.9 Å². The van der Waals surface area contributed by atoms with E-state index in [1.165, 1.54) is 25.7 Å². The van der Waals surface area contributed by atoms with Crippen LogP contribution in [0.5, 0.6) is 5.75 Å². The molecule has 0 fully saturated rings. The summed E-state index contributed by atoms with van der Waals surface area (Å²) in [6, 6.07) is 16.2. The molecule has 0 aromatic heterocycles. The first kappa shape index (κ1) is 19.9. The van der Waals surface area contributed by atoms with Gasteiger partial charge in [0.25, 0.3) is 0 Å². The van der Waals surface area contributed by atoms with Gasteiger partial charge in [0.2, 0.25) is 0 Å². The van der Waals surface area contributed by atoms with Crippen LogP contribution < -0.4 is 0 Å². The van der Waals surface area contributed by atoms with Crippen LogP contribution in [-0.2, 0) is 6.42 Å². The number of phenols is 1. The molecule has 25 heavy (non-hydrogen) atoms. The predicted molar refractivity (Wildman–Crippen MR) is 106 cm³/mol. The lowest BCUT2D eigenvalue weighted by molar-refractivity contribution is 0.180. The number of hydrogen-bond acceptors (Lipinski definition) is 3. The summed E-state index contributed by atoms with van der Waals surface area (Å²) >= 11 is 1.61. The van der Waals surface area contributed by atoms with Gasteiger partial charge >= 0.3 is 0 Å². The molecule has 3 heteroatoms. The molecule has 1 unspecified atom stereocenters. The highest BCUT2D eigenvalue weighted by Crippen LogP contribution is 2.36. The minimum atomic E-state index is -0.163. The van der Waals surface area contributed by atoms with E-state index in [-0.39, 0.29) is 6.10 Å². The van der Waals surface area contributed by atoms with E-state index in [0.29, 0.717) is 5.75 Å². The molecule has 0 saturated carbocycles. The molecule has 0 aliphatic heterocycles. The molecule has 2 aromatic carbocycles. The van der Waals surface area contributed by atoms with Crippen LogP contribution >= 0.6 is 11.8 Å². The summed E-state index contributed by atoms with van der Waals surface area (Å²) in [4.78, 5) is 2.08. The van der Waals surface area contributed by atoms with Crippen LogP contribution in [0.2, 0.25) is 0 Å². The van der Waals surface area contributed by atoms with Crippen molar-refractivity contribution >= 4 is 11.8 Å². The van der Waals surface area contributed by atoms with Gasteiger partial charge in [0.1, 0.15) is 5.75 Å². The Bertz CT molecular complexity index is 611. The molecular formula is C22H30O2S. The van der Waals surface area contributed by atoms with E-state index in [9.17, 15) is 10.2 Å².